The van der Waals surface area contributed by atoms with E-state index in [1.807, 2.05) is 12.1 Å². The topological polar surface area (TPSA) is 73.9 Å². The van der Waals surface area contributed by atoms with E-state index in [9.17, 15) is 4.79 Å². The van der Waals surface area contributed by atoms with Gasteiger partial charge in [0.1, 0.15) is 5.82 Å². The molecular weight excluding hydrogens is 314 g/mol. The number of piperidine rings is 2. The first-order valence-electron chi connectivity index (χ1n) is 9.60. The summed E-state index contributed by atoms with van der Waals surface area (Å²) in [5.74, 6) is 1.58. The van der Waals surface area contributed by atoms with Gasteiger partial charge < -0.3 is 15.2 Å². The lowest BCUT2D eigenvalue weighted by atomic mass is 9.83. The Morgan fingerprint density at radius 2 is 2.20 bits per heavy atom. The van der Waals surface area contributed by atoms with Crippen LogP contribution in [0.1, 0.15) is 44.3 Å². The molecule has 0 unspecified atom stereocenters. The van der Waals surface area contributed by atoms with Crippen molar-refractivity contribution in [1.29, 1.82) is 0 Å². The Balaban J connectivity index is 1.26. The van der Waals surface area contributed by atoms with Crippen LogP contribution in [-0.4, -0.2) is 51.4 Å². The van der Waals surface area contributed by atoms with Gasteiger partial charge in [0, 0.05) is 31.6 Å². The van der Waals surface area contributed by atoms with Crippen LogP contribution in [0, 0.1) is 5.92 Å². The van der Waals surface area contributed by atoms with E-state index in [2.05, 4.69) is 25.2 Å². The standard InChI is InChI=1S/C19H27N5O/c25-18(9-8-17-22-15-6-3-10-20-19(15)23-17)21-13-14-5-4-12-24-11-2-1-7-16(14)24/h3,6,10,14,16H,1-2,4-5,7-9,11-13H2,(H,21,25)(H,20,22,23)/t14-,16-/m0/s1. The van der Waals surface area contributed by atoms with Crippen LogP contribution in [-0.2, 0) is 11.2 Å². The van der Waals surface area contributed by atoms with E-state index in [1.165, 1.54) is 45.2 Å². The first-order valence-corrected chi connectivity index (χ1v) is 9.60. The number of carbonyl (C=O) groups is 1. The Morgan fingerprint density at radius 1 is 1.28 bits per heavy atom. The molecule has 6 heteroatoms. The number of fused-ring (bicyclic) bond motifs is 2. The lowest BCUT2D eigenvalue weighted by Crippen LogP contribution is -2.51. The summed E-state index contributed by atoms with van der Waals surface area (Å²) in [5.41, 5.74) is 1.65. The highest BCUT2D eigenvalue weighted by Crippen LogP contribution is 2.30. The number of amides is 1. The third-order valence-corrected chi connectivity index (χ3v) is 5.69. The summed E-state index contributed by atoms with van der Waals surface area (Å²) in [5, 5.41) is 3.17. The predicted octanol–water partition coefficient (Wildman–Crippen LogP) is 2.27. The van der Waals surface area contributed by atoms with Gasteiger partial charge in [-0.25, -0.2) is 9.97 Å². The molecule has 4 heterocycles. The van der Waals surface area contributed by atoms with Gasteiger partial charge in [0.25, 0.3) is 0 Å². The zero-order chi connectivity index (χ0) is 17.1. The second-order valence-corrected chi connectivity index (χ2v) is 7.36. The molecule has 134 valence electrons. The lowest BCUT2D eigenvalue weighted by Gasteiger charge is -2.44. The fraction of sp³-hybridized carbons (Fsp3) is 0.632. The molecule has 2 fully saturated rings. The summed E-state index contributed by atoms with van der Waals surface area (Å²) in [6.07, 6.45) is 9.32. The molecule has 2 aliphatic heterocycles. The smallest absolute Gasteiger partial charge is 0.220 e. The fourth-order valence-electron chi connectivity index (χ4n) is 4.39. The molecule has 0 saturated carbocycles. The first kappa shape index (κ1) is 16.5. The Kier molecular flexibility index (Phi) is 4.97. The van der Waals surface area contributed by atoms with Crippen LogP contribution in [0.15, 0.2) is 18.3 Å². The Morgan fingerprint density at radius 3 is 3.12 bits per heavy atom. The molecule has 25 heavy (non-hydrogen) atoms. The van der Waals surface area contributed by atoms with Crippen molar-refractivity contribution < 1.29 is 4.79 Å². The highest BCUT2D eigenvalue weighted by atomic mass is 16.1. The molecule has 0 radical (unpaired) electrons. The average Bonchev–Trinajstić information content (AvgIpc) is 3.07. The van der Waals surface area contributed by atoms with Crippen LogP contribution in [0.4, 0.5) is 0 Å². The van der Waals surface area contributed by atoms with Crippen molar-refractivity contribution in [3.05, 3.63) is 24.2 Å². The van der Waals surface area contributed by atoms with Crippen molar-refractivity contribution in [2.75, 3.05) is 19.6 Å². The maximum absolute atomic E-state index is 12.3. The first-order chi connectivity index (χ1) is 12.3. The minimum Gasteiger partial charge on any atom is -0.356 e. The van der Waals surface area contributed by atoms with Gasteiger partial charge in [0.15, 0.2) is 5.65 Å². The van der Waals surface area contributed by atoms with Gasteiger partial charge in [-0.1, -0.05) is 6.42 Å². The molecular formula is C19H27N5O. The van der Waals surface area contributed by atoms with Gasteiger partial charge in [0.05, 0.1) is 5.52 Å². The normalized spacial score (nSPS) is 24.2. The number of hydrogen-bond donors (Lipinski definition) is 2. The Hall–Kier alpha value is -1.95. The number of hydrogen-bond acceptors (Lipinski definition) is 4. The van der Waals surface area contributed by atoms with Crippen molar-refractivity contribution in [2.45, 2.75) is 51.0 Å². The number of nitrogens with zero attached hydrogens (tertiary/aromatic N) is 3. The van der Waals surface area contributed by atoms with E-state index in [-0.39, 0.29) is 5.91 Å². The van der Waals surface area contributed by atoms with E-state index in [0.29, 0.717) is 24.8 Å². The van der Waals surface area contributed by atoms with E-state index in [1.54, 1.807) is 6.20 Å². The minimum atomic E-state index is 0.126. The second-order valence-electron chi connectivity index (χ2n) is 7.36. The number of pyridine rings is 1. The van der Waals surface area contributed by atoms with Crippen molar-refractivity contribution in [1.82, 2.24) is 25.2 Å². The van der Waals surface area contributed by atoms with Crippen LogP contribution in [0.3, 0.4) is 0 Å². The van der Waals surface area contributed by atoms with Gasteiger partial charge in [-0.3, -0.25) is 4.79 Å². The quantitative estimate of drug-likeness (QED) is 0.875. The maximum Gasteiger partial charge on any atom is 0.220 e. The fourth-order valence-corrected chi connectivity index (χ4v) is 4.39. The molecule has 2 aliphatic rings. The number of aromatic nitrogens is 3. The zero-order valence-corrected chi connectivity index (χ0v) is 14.7. The molecule has 2 saturated heterocycles. The van der Waals surface area contributed by atoms with Gasteiger partial charge in [0.2, 0.25) is 5.91 Å². The highest BCUT2D eigenvalue weighted by Gasteiger charge is 2.32. The summed E-state index contributed by atoms with van der Waals surface area (Å²) in [7, 11) is 0. The number of H-pyrrole nitrogens is 1. The molecule has 0 bridgehead atoms. The van der Waals surface area contributed by atoms with Crippen LogP contribution in [0.25, 0.3) is 11.2 Å². The van der Waals surface area contributed by atoms with Crippen LogP contribution >= 0.6 is 0 Å². The molecule has 2 N–H and O–H groups in total. The molecule has 2 aromatic heterocycles. The zero-order valence-electron chi connectivity index (χ0n) is 14.7. The van der Waals surface area contributed by atoms with Gasteiger partial charge in [-0.2, -0.15) is 0 Å². The number of nitrogens with one attached hydrogen (secondary N) is 2. The molecule has 2 aromatic rings. The SMILES string of the molecule is O=C(CCc1nc2ncccc2[nH]1)NC[C@@H]1CCCN2CCCC[C@@H]12. The van der Waals surface area contributed by atoms with Gasteiger partial charge in [-0.05, 0) is 56.8 Å². The summed E-state index contributed by atoms with van der Waals surface area (Å²) >= 11 is 0. The number of rotatable bonds is 5. The molecule has 2 atom stereocenters. The summed E-state index contributed by atoms with van der Waals surface area (Å²) in [6, 6.07) is 4.53. The summed E-state index contributed by atoms with van der Waals surface area (Å²) in [4.78, 5) is 26.8. The van der Waals surface area contributed by atoms with Crippen LogP contribution in [0.5, 0.6) is 0 Å². The van der Waals surface area contributed by atoms with E-state index < -0.39 is 0 Å². The largest absolute Gasteiger partial charge is 0.356 e. The van der Waals surface area contributed by atoms with Gasteiger partial charge in [-0.15, -0.1) is 0 Å². The highest BCUT2D eigenvalue weighted by molar-refractivity contribution is 5.76. The minimum absolute atomic E-state index is 0.126. The van der Waals surface area contributed by atoms with Crippen LogP contribution in [0.2, 0.25) is 0 Å². The molecule has 0 spiro atoms. The third-order valence-electron chi connectivity index (χ3n) is 5.69. The van der Waals surface area contributed by atoms with Crippen molar-refractivity contribution in [2.24, 2.45) is 5.92 Å². The predicted molar refractivity (Wildman–Crippen MR) is 97.2 cm³/mol. The van der Waals surface area contributed by atoms with E-state index in [4.69, 9.17) is 0 Å². The van der Waals surface area contributed by atoms with Crippen molar-refractivity contribution in [3.8, 4) is 0 Å². The Bertz CT molecular complexity index is 692. The van der Waals surface area contributed by atoms with Crippen molar-refractivity contribution in [3.63, 3.8) is 0 Å². The van der Waals surface area contributed by atoms with E-state index >= 15 is 0 Å². The maximum atomic E-state index is 12.3. The Labute approximate surface area is 148 Å². The lowest BCUT2D eigenvalue weighted by molar-refractivity contribution is -0.121. The number of imidazole rings is 1. The number of aromatic amines is 1. The number of carbonyl (C=O) groups excluding carboxylic acids is 1. The molecule has 0 aliphatic carbocycles. The number of aryl methyl sites for hydroxylation is 1. The molecule has 1 amide bonds. The molecule has 0 aromatic carbocycles. The molecule has 4 rings (SSSR count). The van der Waals surface area contributed by atoms with Gasteiger partial charge >= 0.3 is 0 Å². The summed E-state index contributed by atoms with van der Waals surface area (Å²) < 4.78 is 0. The summed E-state index contributed by atoms with van der Waals surface area (Å²) in [6.45, 7) is 3.31. The average molecular weight is 341 g/mol. The second kappa shape index (κ2) is 7.52. The monoisotopic (exact) mass is 341 g/mol. The van der Waals surface area contributed by atoms with E-state index in [0.717, 1.165) is 23.5 Å². The van der Waals surface area contributed by atoms with Crippen molar-refractivity contribution >= 4 is 17.1 Å². The third kappa shape index (κ3) is 3.84. The van der Waals surface area contributed by atoms with Crippen LogP contribution < -0.4 is 5.32 Å². The molecule has 6 nitrogen and oxygen atoms in total.